The fourth-order valence-electron chi connectivity index (χ4n) is 3.11. The smallest absolute Gasteiger partial charge is 0.272 e. The highest BCUT2D eigenvalue weighted by molar-refractivity contribution is 5.93. The highest BCUT2D eigenvalue weighted by atomic mass is 16.5. The molecule has 0 spiro atoms. The van der Waals surface area contributed by atoms with E-state index < -0.39 is 0 Å². The Labute approximate surface area is 162 Å². The summed E-state index contributed by atoms with van der Waals surface area (Å²) in [6.07, 6.45) is 4.98. The predicted molar refractivity (Wildman–Crippen MR) is 102 cm³/mol. The molecule has 0 aromatic carbocycles. The first kappa shape index (κ1) is 18.1. The Balaban J connectivity index is 1.68. The van der Waals surface area contributed by atoms with Crippen LogP contribution < -0.4 is 10.1 Å². The van der Waals surface area contributed by atoms with Crippen molar-refractivity contribution in [2.24, 2.45) is 0 Å². The zero-order valence-corrected chi connectivity index (χ0v) is 15.5. The van der Waals surface area contributed by atoms with Crippen LogP contribution in [0.5, 0.6) is 5.88 Å². The molecule has 0 bridgehead atoms. The summed E-state index contributed by atoms with van der Waals surface area (Å²) in [4.78, 5) is 21.4. The van der Waals surface area contributed by atoms with Crippen LogP contribution in [0.1, 0.15) is 23.3 Å². The third-order valence-corrected chi connectivity index (χ3v) is 4.60. The molecular formula is C20H21N5O3. The number of nitrogens with one attached hydrogen (secondary N) is 1. The average molecular weight is 379 g/mol. The summed E-state index contributed by atoms with van der Waals surface area (Å²) >= 11 is 0. The van der Waals surface area contributed by atoms with Gasteiger partial charge in [0.05, 0.1) is 30.4 Å². The Kier molecular flexibility index (Phi) is 5.29. The van der Waals surface area contributed by atoms with Gasteiger partial charge in [0.1, 0.15) is 0 Å². The van der Waals surface area contributed by atoms with E-state index in [9.17, 15) is 4.79 Å². The lowest BCUT2D eigenvalue weighted by atomic mass is 10.1. The van der Waals surface area contributed by atoms with Crippen LogP contribution in [-0.4, -0.2) is 52.0 Å². The van der Waals surface area contributed by atoms with Gasteiger partial charge in [-0.15, -0.1) is 0 Å². The van der Waals surface area contributed by atoms with Crippen molar-refractivity contribution in [2.75, 3.05) is 20.3 Å². The van der Waals surface area contributed by atoms with Gasteiger partial charge in [-0.1, -0.05) is 6.07 Å². The van der Waals surface area contributed by atoms with Gasteiger partial charge in [0.15, 0.2) is 5.69 Å². The number of ether oxygens (including phenoxy) is 2. The summed E-state index contributed by atoms with van der Waals surface area (Å²) in [6, 6.07) is 11.1. The predicted octanol–water partition coefficient (Wildman–Crippen LogP) is 2.25. The van der Waals surface area contributed by atoms with E-state index in [1.165, 1.54) is 0 Å². The summed E-state index contributed by atoms with van der Waals surface area (Å²) in [5.41, 5.74) is 2.48. The number of carbonyl (C=O) groups excluding carboxylic acids is 1. The van der Waals surface area contributed by atoms with Gasteiger partial charge in [-0.05, 0) is 37.1 Å². The number of nitrogens with zero attached hydrogens (tertiary/aromatic N) is 4. The van der Waals surface area contributed by atoms with Gasteiger partial charge in [-0.3, -0.25) is 9.78 Å². The first-order valence-corrected chi connectivity index (χ1v) is 9.15. The van der Waals surface area contributed by atoms with Crippen molar-refractivity contribution in [3.05, 3.63) is 54.5 Å². The van der Waals surface area contributed by atoms with Gasteiger partial charge >= 0.3 is 0 Å². The molecule has 1 aliphatic heterocycles. The van der Waals surface area contributed by atoms with E-state index in [0.29, 0.717) is 36.2 Å². The maximum absolute atomic E-state index is 12.8. The van der Waals surface area contributed by atoms with Crippen molar-refractivity contribution < 1.29 is 14.3 Å². The highest BCUT2D eigenvalue weighted by Crippen LogP contribution is 2.23. The topological polar surface area (TPSA) is 91.2 Å². The molecule has 0 saturated carbocycles. The second-order valence-corrected chi connectivity index (χ2v) is 6.46. The van der Waals surface area contributed by atoms with E-state index >= 15 is 0 Å². The van der Waals surface area contributed by atoms with Crippen LogP contribution in [-0.2, 0) is 4.74 Å². The molecule has 0 unspecified atom stereocenters. The molecule has 144 valence electrons. The number of aromatic nitrogens is 4. The largest absolute Gasteiger partial charge is 0.481 e. The molecule has 1 N–H and O–H groups in total. The number of rotatable bonds is 5. The van der Waals surface area contributed by atoms with Crippen LogP contribution in [0.3, 0.4) is 0 Å². The Morgan fingerprint density at radius 3 is 2.75 bits per heavy atom. The minimum Gasteiger partial charge on any atom is -0.481 e. The van der Waals surface area contributed by atoms with Crippen molar-refractivity contribution in [3.63, 3.8) is 0 Å². The summed E-state index contributed by atoms with van der Waals surface area (Å²) in [5, 5.41) is 7.58. The number of pyridine rings is 2. The number of hydrogen-bond acceptors (Lipinski definition) is 6. The highest BCUT2D eigenvalue weighted by Gasteiger charge is 2.21. The van der Waals surface area contributed by atoms with Gasteiger partial charge in [-0.25, -0.2) is 9.67 Å². The Morgan fingerprint density at radius 1 is 1.21 bits per heavy atom. The summed E-state index contributed by atoms with van der Waals surface area (Å²) in [6.45, 7) is 1.33. The van der Waals surface area contributed by atoms with E-state index in [-0.39, 0.29) is 11.9 Å². The minimum atomic E-state index is -0.204. The summed E-state index contributed by atoms with van der Waals surface area (Å²) in [5.74, 6) is 0.303. The molecule has 3 aromatic heterocycles. The SMILES string of the molecule is COc1ccc(-n2nc(C(=O)NC3CCOCC3)cc2-c2ccccn2)cn1. The van der Waals surface area contributed by atoms with E-state index in [0.717, 1.165) is 18.5 Å². The van der Waals surface area contributed by atoms with Crippen molar-refractivity contribution in [2.45, 2.75) is 18.9 Å². The van der Waals surface area contributed by atoms with Crippen LogP contribution >= 0.6 is 0 Å². The normalized spacial score (nSPS) is 14.6. The van der Waals surface area contributed by atoms with E-state index in [4.69, 9.17) is 9.47 Å². The summed E-state index contributed by atoms with van der Waals surface area (Å²) in [7, 11) is 1.56. The van der Waals surface area contributed by atoms with Gasteiger partial charge < -0.3 is 14.8 Å². The van der Waals surface area contributed by atoms with Crippen molar-refractivity contribution in [1.29, 1.82) is 0 Å². The third-order valence-electron chi connectivity index (χ3n) is 4.60. The molecule has 0 atom stereocenters. The second-order valence-electron chi connectivity index (χ2n) is 6.46. The Bertz CT molecular complexity index is 934. The monoisotopic (exact) mass is 379 g/mol. The fraction of sp³-hybridized carbons (Fsp3) is 0.300. The molecule has 4 rings (SSSR count). The molecule has 1 fully saturated rings. The maximum atomic E-state index is 12.8. The molecule has 0 aliphatic carbocycles. The zero-order valence-electron chi connectivity index (χ0n) is 15.5. The number of amides is 1. The Morgan fingerprint density at radius 2 is 2.07 bits per heavy atom. The van der Waals surface area contributed by atoms with Crippen molar-refractivity contribution in [1.82, 2.24) is 25.1 Å². The number of carbonyl (C=O) groups is 1. The average Bonchev–Trinajstić information content (AvgIpc) is 3.21. The maximum Gasteiger partial charge on any atom is 0.272 e. The minimum absolute atomic E-state index is 0.104. The van der Waals surface area contributed by atoms with Crippen molar-refractivity contribution >= 4 is 5.91 Å². The molecule has 1 saturated heterocycles. The molecule has 1 amide bonds. The molecule has 28 heavy (non-hydrogen) atoms. The quantitative estimate of drug-likeness (QED) is 0.731. The standard InChI is InChI=1S/C20H21N5O3/c1-27-19-6-5-15(13-22-19)25-18(16-4-2-3-9-21-16)12-17(24-25)20(26)23-14-7-10-28-11-8-14/h2-6,9,12-14H,7-8,10-11H2,1H3,(H,23,26). The van der Waals surface area contributed by atoms with E-state index in [2.05, 4.69) is 20.4 Å². The zero-order chi connectivity index (χ0) is 19.3. The first-order valence-electron chi connectivity index (χ1n) is 9.15. The fourth-order valence-corrected chi connectivity index (χ4v) is 3.11. The lowest BCUT2D eigenvalue weighted by molar-refractivity contribution is 0.0694. The lowest BCUT2D eigenvalue weighted by Crippen LogP contribution is -2.39. The van der Waals surface area contributed by atoms with Crippen LogP contribution in [0.4, 0.5) is 0 Å². The molecule has 8 heteroatoms. The molecule has 3 aromatic rings. The van der Waals surface area contributed by atoms with E-state index in [1.54, 1.807) is 36.3 Å². The van der Waals surface area contributed by atoms with Gasteiger partial charge in [0, 0.05) is 31.5 Å². The van der Waals surface area contributed by atoms with Gasteiger partial charge in [0.2, 0.25) is 5.88 Å². The van der Waals surface area contributed by atoms with Crippen molar-refractivity contribution in [3.8, 4) is 23.0 Å². The number of methoxy groups -OCH3 is 1. The van der Waals surface area contributed by atoms with Crippen LogP contribution in [0, 0.1) is 0 Å². The second kappa shape index (κ2) is 8.18. The first-order chi connectivity index (χ1) is 13.7. The van der Waals surface area contributed by atoms with Crippen LogP contribution in [0.15, 0.2) is 48.8 Å². The third kappa shape index (κ3) is 3.86. The van der Waals surface area contributed by atoms with Gasteiger partial charge in [0.25, 0.3) is 5.91 Å². The molecule has 4 heterocycles. The molecule has 8 nitrogen and oxygen atoms in total. The van der Waals surface area contributed by atoms with Crippen LogP contribution in [0.2, 0.25) is 0 Å². The lowest BCUT2D eigenvalue weighted by Gasteiger charge is -2.22. The Hall–Kier alpha value is -3.26. The molecule has 1 aliphatic rings. The summed E-state index contributed by atoms with van der Waals surface area (Å²) < 4.78 is 12.1. The van der Waals surface area contributed by atoms with Crippen LogP contribution in [0.25, 0.3) is 17.1 Å². The molecular weight excluding hydrogens is 358 g/mol. The molecule has 0 radical (unpaired) electrons. The van der Waals surface area contributed by atoms with Gasteiger partial charge in [-0.2, -0.15) is 5.10 Å². The number of hydrogen-bond donors (Lipinski definition) is 1. The van der Waals surface area contributed by atoms with E-state index in [1.807, 2.05) is 24.3 Å².